The molecule has 0 saturated heterocycles. The fraction of sp³-hybridized carbons (Fsp3) is 0.590. The van der Waals surface area contributed by atoms with Gasteiger partial charge in [0.15, 0.2) is 0 Å². The summed E-state index contributed by atoms with van der Waals surface area (Å²) in [6.45, 7) is 11.8. The Labute approximate surface area is 268 Å². The fourth-order valence-electron chi connectivity index (χ4n) is 6.86. The third-order valence-corrected chi connectivity index (χ3v) is 23.6. The topological polar surface area (TPSA) is 12.0 Å². The molecule has 0 aliphatic heterocycles. The van der Waals surface area contributed by atoms with Crippen molar-refractivity contribution in [3.8, 4) is 0 Å². The summed E-state index contributed by atoms with van der Waals surface area (Å²) in [6, 6.07) is 23.1. The van der Waals surface area contributed by atoms with Gasteiger partial charge in [-0.05, 0) is 0 Å². The molecule has 0 radical (unpaired) electrons. The Bertz CT molecular complexity index is 1020. The minimum absolute atomic E-state index is 0.598. The molecule has 1 N–H and O–H groups in total. The number of hydrogen-bond acceptors (Lipinski definition) is 1. The Morgan fingerprint density at radius 2 is 0.976 bits per heavy atom. The number of benzene rings is 2. The second kappa shape index (κ2) is 20.7. The maximum atomic E-state index is 4.35. The van der Waals surface area contributed by atoms with Crippen molar-refractivity contribution in [1.29, 1.82) is 0 Å². The van der Waals surface area contributed by atoms with Crippen LogP contribution in [0, 0.1) is 5.92 Å². The predicted molar refractivity (Wildman–Crippen MR) is 187 cm³/mol. The Kier molecular flexibility index (Phi) is 17.4. The molecule has 2 aromatic rings. The normalized spacial score (nSPS) is 15.3. The van der Waals surface area contributed by atoms with Crippen LogP contribution in [0.2, 0.25) is 0 Å². The van der Waals surface area contributed by atoms with Crippen LogP contribution in [-0.2, 0) is 17.4 Å². The van der Waals surface area contributed by atoms with Crippen molar-refractivity contribution in [2.45, 2.75) is 137 Å². The first-order chi connectivity index (χ1) is 20.6. The van der Waals surface area contributed by atoms with E-state index in [0.29, 0.717) is 5.92 Å². The molecule has 0 fully saturated rings. The molecule has 0 amide bonds. The molecule has 0 saturated carbocycles. The molecular weight excluding hydrogens is 558 g/mol. The zero-order valence-electron chi connectivity index (χ0n) is 27.9. The number of nitrogens with one attached hydrogen (secondary N) is 1. The van der Waals surface area contributed by atoms with Crippen molar-refractivity contribution in [3.63, 3.8) is 0 Å². The Balaban J connectivity index is 1.45. The first kappa shape index (κ1) is 35.3. The van der Waals surface area contributed by atoms with Crippen molar-refractivity contribution in [3.05, 3.63) is 81.3 Å². The Morgan fingerprint density at radius 3 is 1.36 bits per heavy atom. The molecule has 1 nitrogen and oxygen atoms in total. The van der Waals surface area contributed by atoms with Gasteiger partial charge in [-0.3, -0.25) is 0 Å². The van der Waals surface area contributed by atoms with Crippen LogP contribution in [0.4, 0.5) is 0 Å². The van der Waals surface area contributed by atoms with Gasteiger partial charge >= 0.3 is 224 Å². The second-order valence-electron chi connectivity index (χ2n) is 13.0. The van der Waals surface area contributed by atoms with E-state index in [1.807, 2.05) is 3.88 Å². The number of hydrogen-bond donors (Lipinski definition) is 1. The van der Waals surface area contributed by atoms with Gasteiger partial charge in [0.2, 0.25) is 0 Å². The number of rotatable bonds is 22. The van der Waals surface area contributed by atoms with Crippen LogP contribution in [0.15, 0.2) is 81.3 Å². The summed E-state index contributed by atoms with van der Waals surface area (Å²) in [5.41, 5.74) is 4.77. The van der Waals surface area contributed by atoms with E-state index in [1.165, 1.54) is 109 Å². The Morgan fingerprint density at radius 1 is 0.571 bits per heavy atom. The average Bonchev–Trinajstić information content (AvgIpc) is 3.20. The van der Waals surface area contributed by atoms with Gasteiger partial charge in [-0.25, -0.2) is 0 Å². The van der Waals surface area contributed by atoms with Gasteiger partial charge in [0.25, 0.3) is 0 Å². The van der Waals surface area contributed by atoms with E-state index in [-0.39, 0.29) is 0 Å². The third kappa shape index (κ3) is 11.4. The summed E-state index contributed by atoms with van der Waals surface area (Å²) in [7, 11) is 0. The quantitative estimate of drug-likeness (QED) is 0.102. The molecule has 2 aromatic carbocycles. The molecule has 1 atom stereocenters. The zero-order chi connectivity index (χ0) is 30.0. The van der Waals surface area contributed by atoms with Gasteiger partial charge in [0.05, 0.1) is 0 Å². The van der Waals surface area contributed by atoms with E-state index in [2.05, 4.69) is 99.1 Å². The summed E-state index contributed by atoms with van der Waals surface area (Å²) in [5.74, 6) is 0.598. The number of allylic oxidation sites excluding steroid dienone is 4. The van der Waals surface area contributed by atoms with Crippen LogP contribution in [0.5, 0.6) is 0 Å². The molecule has 0 bridgehead atoms. The SMILES string of the molecule is CCCCCCCCCCCCCCCCCC[NH][Ti]([C]1=C(C)C(C)=C(C)C1C)[SiH](c1ccccc1)c1ccccc1. The molecule has 0 aromatic heterocycles. The van der Waals surface area contributed by atoms with Gasteiger partial charge in [0, 0.05) is 0 Å². The summed E-state index contributed by atoms with van der Waals surface area (Å²) >= 11 is -1.79. The molecular formula is C39H62NSiTi. The van der Waals surface area contributed by atoms with Gasteiger partial charge in [0.1, 0.15) is 0 Å². The van der Waals surface area contributed by atoms with E-state index in [0.717, 1.165) is 0 Å². The maximum absolute atomic E-state index is 4.35. The van der Waals surface area contributed by atoms with Crippen molar-refractivity contribution >= 4 is 17.0 Å². The van der Waals surface area contributed by atoms with Crippen molar-refractivity contribution in [1.82, 2.24) is 3.80 Å². The molecule has 0 spiro atoms. The van der Waals surface area contributed by atoms with Crippen LogP contribution in [0.1, 0.15) is 137 Å². The van der Waals surface area contributed by atoms with Gasteiger partial charge in [-0.2, -0.15) is 0 Å². The summed E-state index contributed by atoms with van der Waals surface area (Å²) in [6.07, 6.45) is 22.9. The average molecular weight is 621 g/mol. The monoisotopic (exact) mass is 620 g/mol. The molecule has 1 unspecified atom stereocenters. The number of unbranched alkanes of at least 4 members (excludes halogenated alkanes) is 15. The summed E-state index contributed by atoms with van der Waals surface area (Å²) in [4.78, 5) is 0. The van der Waals surface area contributed by atoms with E-state index < -0.39 is 24.0 Å². The van der Waals surface area contributed by atoms with E-state index in [1.54, 1.807) is 27.1 Å². The first-order valence-corrected chi connectivity index (χ1v) is 23.7. The zero-order valence-corrected chi connectivity index (χ0v) is 30.7. The predicted octanol–water partition coefficient (Wildman–Crippen LogP) is 10.2. The second-order valence-corrected chi connectivity index (χ2v) is 22.9. The van der Waals surface area contributed by atoms with Gasteiger partial charge in [-0.1, -0.05) is 45.4 Å². The van der Waals surface area contributed by atoms with Crippen LogP contribution in [-0.4, -0.2) is 13.2 Å². The van der Waals surface area contributed by atoms with Crippen LogP contribution < -0.4 is 14.2 Å². The van der Waals surface area contributed by atoms with E-state index in [4.69, 9.17) is 0 Å². The molecule has 231 valence electrons. The summed E-state index contributed by atoms with van der Waals surface area (Å²) < 4.78 is 6.18. The van der Waals surface area contributed by atoms with Crippen LogP contribution in [0.3, 0.4) is 0 Å². The molecule has 42 heavy (non-hydrogen) atoms. The molecule has 3 rings (SSSR count). The first-order valence-electron chi connectivity index (χ1n) is 17.7. The molecule has 1 aliphatic carbocycles. The van der Waals surface area contributed by atoms with Crippen LogP contribution >= 0.6 is 0 Å². The minimum atomic E-state index is -1.79. The Hall–Kier alpha value is -1.19. The molecule has 1 aliphatic rings. The van der Waals surface area contributed by atoms with Gasteiger partial charge in [-0.15, -0.1) is 0 Å². The van der Waals surface area contributed by atoms with Crippen molar-refractivity contribution in [2.75, 3.05) is 6.54 Å². The molecule has 3 heteroatoms. The van der Waals surface area contributed by atoms with E-state index in [9.17, 15) is 0 Å². The van der Waals surface area contributed by atoms with Crippen molar-refractivity contribution in [2.24, 2.45) is 5.92 Å². The van der Waals surface area contributed by atoms with Crippen LogP contribution in [0.25, 0.3) is 0 Å². The third-order valence-electron chi connectivity index (χ3n) is 9.83. The fourth-order valence-corrected chi connectivity index (χ4v) is 22.5. The van der Waals surface area contributed by atoms with Crippen molar-refractivity contribution < 1.29 is 17.4 Å². The standard InChI is InChI=1S/C18H38N.C12H11Si.C9H13.Ti/c1-2-3-4-5-6-7-8-9-10-11-12-13-14-15-16-17-18-19;1-3-7-11(8-4-1)13-12-9-5-2-6-10-12;1-6-5-7(2)9(4)8(6)3;/h19H,2-18H2,1H3;1-10,13H;6H,1-4H3;/q-1;;;+1. The van der Waals surface area contributed by atoms with Gasteiger partial charge < -0.3 is 0 Å². The van der Waals surface area contributed by atoms with E-state index >= 15 is 0 Å². The summed E-state index contributed by atoms with van der Waals surface area (Å²) in [5, 5.41) is 3.24. The molecule has 0 heterocycles.